The number of amides is 2. The molecule has 2 aromatic heterocycles. The van der Waals surface area contributed by atoms with Gasteiger partial charge >= 0.3 is 6.03 Å². The molecule has 0 unspecified atom stereocenters. The molecule has 1 aliphatic rings. The van der Waals surface area contributed by atoms with Gasteiger partial charge in [0.25, 0.3) is 0 Å². The average molecular weight is 390 g/mol. The zero-order valence-corrected chi connectivity index (χ0v) is 17.0. The van der Waals surface area contributed by atoms with Crippen molar-refractivity contribution >= 4 is 11.7 Å². The van der Waals surface area contributed by atoms with Gasteiger partial charge in [-0.25, -0.2) is 4.79 Å². The summed E-state index contributed by atoms with van der Waals surface area (Å²) < 4.78 is 6.75. The molecular weight excluding hydrogens is 360 g/mol. The largest absolute Gasteiger partial charge is 0.480 e. The molecule has 0 spiro atoms. The van der Waals surface area contributed by atoms with Gasteiger partial charge in [-0.2, -0.15) is 4.52 Å². The molecule has 0 aliphatic carbocycles. The number of hydrogen-bond donors (Lipinski definition) is 1. The topological polar surface area (TPSA) is 91.1 Å². The van der Waals surface area contributed by atoms with E-state index in [0.29, 0.717) is 30.4 Å². The lowest BCUT2D eigenvalue weighted by Crippen LogP contribution is -2.45. The molecule has 28 heavy (non-hydrogen) atoms. The summed E-state index contributed by atoms with van der Waals surface area (Å²) in [5, 5.41) is 15.5. The van der Waals surface area contributed by atoms with E-state index in [2.05, 4.69) is 44.3 Å². The summed E-state index contributed by atoms with van der Waals surface area (Å²) in [7, 11) is 1.56. The molecule has 10 heteroatoms. The Morgan fingerprint density at radius 1 is 1.04 bits per heavy atom. The molecule has 154 valence electrons. The third kappa shape index (κ3) is 4.87. The van der Waals surface area contributed by atoms with Crippen molar-refractivity contribution in [3.8, 4) is 5.88 Å². The Hall–Kier alpha value is -2.46. The number of rotatable bonds is 5. The normalized spacial score (nSPS) is 17.2. The Morgan fingerprint density at radius 2 is 1.68 bits per heavy atom. The second-order valence-electron chi connectivity index (χ2n) is 6.78. The first kappa shape index (κ1) is 20.3. The number of urea groups is 1. The number of methoxy groups -OCH3 is 1. The lowest BCUT2D eigenvalue weighted by Gasteiger charge is -2.25. The first-order valence-corrected chi connectivity index (χ1v) is 9.87. The minimum Gasteiger partial charge on any atom is -0.480 e. The summed E-state index contributed by atoms with van der Waals surface area (Å²) in [5.74, 6) is 1.04. The number of likely N-dealkylation sites (N-methyl/N-ethyl adjacent to an activating group) is 2. The van der Waals surface area contributed by atoms with Crippen LogP contribution in [0.4, 0.5) is 4.79 Å². The highest BCUT2D eigenvalue weighted by Crippen LogP contribution is 2.08. The molecule has 1 saturated heterocycles. The third-order valence-corrected chi connectivity index (χ3v) is 5.20. The Bertz CT molecular complexity index is 764. The zero-order valence-electron chi connectivity index (χ0n) is 17.0. The highest BCUT2D eigenvalue weighted by atomic mass is 16.5. The van der Waals surface area contributed by atoms with E-state index in [1.807, 2.05) is 4.90 Å². The van der Waals surface area contributed by atoms with Gasteiger partial charge in [0.15, 0.2) is 11.5 Å². The summed E-state index contributed by atoms with van der Waals surface area (Å²) in [6.07, 6.45) is 0. The van der Waals surface area contributed by atoms with Gasteiger partial charge in [-0.15, -0.1) is 15.3 Å². The van der Waals surface area contributed by atoms with Gasteiger partial charge in [-0.05, 0) is 19.2 Å². The van der Waals surface area contributed by atoms with Crippen LogP contribution in [0.25, 0.3) is 5.65 Å². The number of carbonyl (C=O) groups excluding carboxylic acids is 1. The predicted molar refractivity (Wildman–Crippen MR) is 105 cm³/mol. The van der Waals surface area contributed by atoms with Crippen molar-refractivity contribution in [1.29, 1.82) is 0 Å². The van der Waals surface area contributed by atoms with Crippen molar-refractivity contribution in [3.63, 3.8) is 0 Å². The van der Waals surface area contributed by atoms with E-state index in [9.17, 15) is 4.79 Å². The average Bonchev–Trinajstić information content (AvgIpc) is 3.17. The summed E-state index contributed by atoms with van der Waals surface area (Å²) in [4.78, 5) is 19.4. The maximum absolute atomic E-state index is 12.8. The smallest absolute Gasteiger partial charge is 0.317 e. The Kier molecular flexibility index (Phi) is 6.99. The van der Waals surface area contributed by atoms with Gasteiger partial charge in [0.2, 0.25) is 5.88 Å². The van der Waals surface area contributed by atoms with Crippen molar-refractivity contribution in [3.05, 3.63) is 18.0 Å². The van der Waals surface area contributed by atoms with Gasteiger partial charge in [-0.3, -0.25) is 0 Å². The van der Waals surface area contributed by atoms with Crippen LogP contribution in [0.5, 0.6) is 5.88 Å². The summed E-state index contributed by atoms with van der Waals surface area (Å²) in [6.45, 7) is 11.8. The second kappa shape index (κ2) is 9.65. The van der Waals surface area contributed by atoms with E-state index in [4.69, 9.17) is 4.74 Å². The molecule has 1 fully saturated rings. The highest BCUT2D eigenvalue weighted by Gasteiger charge is 2.19. The molecule has 3 rings (SSSR count). The van der Waals surface area contributed by atoms with Gasteiger partial charge in [0.05, 0.1) is 13.7 Å². The van der Waals surface area contributed by atoms with Gasteiger partial charge in [0, 0.05) is 45.3 Å². The molecule has 0 atom stereocenters. The van der Waals surface area contributed by atoms with Crippen LogP contribution in [-0.4, -0.2) is 100 Å². The monoisotopic (exact) mass is 390 g/mol. The lowest BCUT2D eigenvalue weighted by atomic mass is 10.4. The first-order chi connectivity index (χ1) is 13.6. The van der Waals surface area contributed by atoms with E-state index >= 15 is 0 Å². The Morgan fingerprint density at radius 3 is 2.29 bits per heavy atom. The number of fused-ring (bicyclic) bond motifs is 1. The number of nitrogens with zero attached hydrogens (tertiary/aromatic N) is 7. The highest BCUT2D eigenvalue weighted by molar-refractivity contribution is 5.74. The lowest BCUT2D eigenvalue weighted by molar-refractivity contribution is 0.186. The van der Waals surface area contributed by atoms with Crippen molar-refractivity contribution in [2.24, 2.45) is 0 Å². The minimum atomic E-state index is -0.0892. The fourth-order valence-corrected chi connectivity index (χ4v) is 3.28. The second-order valence-corrected chi connectivity index (χ2v) is 6.78. The van der Waals surface area contributed by atoms with Gasteiger partial charge in [-0.1, -0.05) is 13.8 Å². The molecule has 0 saturated carbocycles. The number of aromatic nitrogens is 4. The van der Waals surface area contributed by atoms with Crippen LogP contribution < -0.4 is 10.1 Å². The molecule has 2 amide bonds. The predicted octanol–water partition coefficient (Wildman–Crippen LogP) is 0.302. The molecule has 0 radical (unpaired) electrons. The van der Waals surface area contributed by atoms with Crippen LogP contribution in [0.3, 0.4) is 0 Å². The van der Waals surface area contributed by atoms with Crippen molar-refractivity contribution < 1.29 is 9.53 Å². The number of hydrogen-bond acceptors (Lipinski definition) is 7. The SMILES string of the molecule is CCN1CCN(CC)CCN(C(=O)NCc2nnc3ccc(OC)nn23)CC1. The van der Waals surface area contributed by atoms with E-state index in [0.717, 1.165) is 39.3 Å². The Labute approximate surface area is 165 Å². The van der Waals surface area contributed by atoms with Crippen LogP contribution in [0.1, 0.15) is 19.7 Å². The minimum absolute atomic E-state index is 0.0892. The van der Waals surface area contributed by atoms with E-state index in [-0.39, 0.29) is 12.6 Å². The zero-order chi connectivity index (χ0) is 19.9. The molecule has 1 N–H and O–H groups in total. The van der Waals surface area contributed by atoms with Crippen LogP contribution in [0, 0.1) is 0 Å². The molecule has 0 aromatic carbocycles. The molecule has 2 aromatic rings. The third-order valence-electron chi connectivity index (χ3n) is 5.20. The quantitative estimate of drug-likeness (QED) is 0.785. The van der Waals surface area contributed by atoms with Crippen LogP contribution in [0.2, 0.25) is 0 Å². The first-order valence-electron chi connectivity index (χ1n) is 9.87. The van der Waals surface area contributed by atoms with Crippen LogP contribution in [-0.2, 0) is 6.54 Å². The Balaban J connectivity index is 1.64. The summed E-state index contributed by atoms with van der Waals surface area (Å²) in [5.41, 5.74) is 0.616. The van der Waals surface area contributed by atoms with Gasteiger partial charge < -0.3 is 24.8 Å². The number of carbonyl (C=O) groups is 1. The molecule has 10 nitrogen and oxygen atoms in total. The summed E-state index contributed by atoms with van der Waals surface area (Å²) in [6, 6.07) is 3.42. The molecule has 3 heterocycles. The van der Waals surface area contributed by atoms with Crippen LogP contribution >= 0.6 is 0 Å². The maximum atomic E-state index is 12.8. The van der Waals surface area contributed by atoms with Crippen molar-refractivity contribution in [2.75, 3.05) is 59.5 Å². The maximum Gasteiger partial charge on any atom is 0.317 e. The van der Waals surface area contributed by atoms with E-state index in [1.54, 1.807) is 23.8 Å². The fraction of sp³-hybridized carbons (Fsp3) is 0.667. The standard InChI is InChI=1S/C18H30N8O2/c1-4-23-8-9-24(5-2)11-13-25(12-10-23)18(27)19-14-16-21-20-15-6-7-17(28-3)22-26(15)16/h6-7H,4-5,8-14H2,1-3H3,(H,19,27). The summed E-state index contributed by atoms with van der Waals surface area (Å²) >= 11 is 0. The van der Waals surface area contributed by atoms with E-state index < -0.39 is 0 Å². The number of nitrogens with one attached hydrogen (secondary N) is 1. The number of ether oxygens (including phenoxy) is 1. The molecular formula is C18H30N8O2. The van der Waals surface area contributed by atoms with Gasteiger partial charge in [0.1, 0.15) is 0 Å². The molecule has 1 aliphatic heterocycles. The van der Waals surface area contributed by atoms with Crippen molar-refractivity contribution in [2.45, 2.75) is 20.4 Å². The van der Waals surface area contributed by atoms with Crippen molar-refractivity contribution in [1.82, 2.24) is 39.8 Å². The van der Waals surface area contributed by atoms with Crippen LogP contribution in [0.15, 0.2) is 12.1 Å². The fourth-order valence-electron chi connectivity index (χ4n) is 3.28. The molecule has 0 bridgehead atoms. The van der Waals surface area contributed by atoms with E-state index in [1.165, 1.54) is 0 Å².